The molecule has 102 valence electrons. The van der Waals surface area contributed by atoms with Gasteiger partial charge >= 0.3 is 0 Å². The molecule has 2 aromatic rings. The fraction of sp³-hybridized carbons (Fsp3) is 0.400. The van der Waals surface area contributed by atoms with Gasteiger partial charge in [-0.2, -0.15) is 5.10 Å². The van der Waals surface area contributed by atoms with Crippen molar-refractivity contribution in [3.8, 4) is 5.75 Å². The van der Waals surface area contributed by atoms with E-state index in [0.717, 1.165) is 38.4 Å². The van der Waals surface area contributed by atoms with Crippen molar-refractivity contribution in [1.29, 1.82) is 0 Å². The van der Waals surface area contributed by atoms with Gasteiger partial charge < -0.3 is 10.1 Å². The van der Waals surface area contributed by atoms with Gasteiger partial charge in [0.15, 0.2) is 0 Å². The molecule has 1 heterocycles. The van der Waals surface area contributed by atoms with E-state index in [-0.39, 0.29) is 0 Å². The van der Waals surface area contributed by atoms with E-state index in [9.17, 15) is 0 Å². The molecule has 0 aliphatic rings. The zero-order valence-corrected chi connectivity index (χ0v) is 11.4. The highest BCUT2D eigenvalue weighted by atomic mass is 16.5. The van der Waals surface area contributed by atoms with Gasteiger partial charge in [0, 0.05) is 19.3 Å². The molecule has 0 atom stereocenters. The van der Waals surface area contributed by atoms with Crippen LogP contribution in [-0.4, -0.2) is 22.9 Å². The smallest absolute Gasteiger partial charge is 0.119 e. The zero-order valence-electron chi connectivity index (χ0n) is 11.4. The maximum absolute atomic E-state index is 5.63. The molecule has 4 nitrogen and oxygen atoms in total. The lowest BCUT2D eigenvalue weighted by Gasteiger charge is -2.08. The first-order chi connectivity index (χ1) is 9.40. The summed E-state index contributed by atoms with van der Waals surface area (Å²) >= 11 is 0. The molecule has 0 aliphatic carbocycles. The van der Waals surface area contributed by atoms with Crippen LogP contribution in [0.25, 0.3) is 0 Å². The third-order valence-corrected chi connectivity index (χ3v) is 2.92. The number of aromatic nitrogens is 2. The van der Waals surface area contributed by atoms with Crippen molar-refractivity contribution in [2.24, 2.45) is 0 Å². The van der Waals surface area contributed by atoms with Crippen LogP contribution in [0.3, 0.4) is 0 Å². The van der Waals surface area contributed by atoms with Gasteiger partial charge in [-0.05, 0) is 38.1 Å². The molecule has 0 unspecified atom stereocenters. The van der Waals surface area contributed by atoms with Crippen molar-refractivity contribution in [2.45, 2.75) is 26.4 Å². The largest absolute Gasteiger partial charge is 0.494 e. The standard InChI is InChI=1S/C15H21N3O/c1-2-18-14(9-11-17-18)13-16-10-6-12-19-15-7-4-3-5-8-15/h3-5,7-9,11,16H,2,6,10,12-13H2,1H3. The summed E-state index contributed by atoms with van der Waals surface area (Å²) in [5, 5.41) is 7.65. The molecule has 0 fully saturated rings. The molecule has 1 aromatic carbocycles. The van der Waals surface area contributed by atoms with E-state index in [1.165, 1.54) is 5.69 Å². The second kappa shape index (κ2) is 7.59. The van der Waals surface area contributed by atoms with E-state index in [4.69, 9.17) is 4.74 Å². The van der Waals surface area contributed by atoms with E-state index < -0.39 is 0 Å². The minimum Gasteiger partial charge on any atom is -0.494 e. The molecule has 0 bridgehead atoms. The molecule has 1 aromatic heterocycles. The van der Waals surface area contributed by atoms with Crippen LogP contribution in [-0.2, 0) is 13.1 Å². The summed E-state index contributed by atoms with van der Waals surface area (Å²) in [6, 6.07) is 12.0. The Balaban J connectivity index is 1.58. The predicted octanol–water partition coefficient (Wildman–Crippen LogP) is 2.46. The Morgan fingerprint density at radius 3 is 2.84 bits per heavy atom. The van der Waals surface area contributed by atoms with Crippen molar-refractivity contribution < 1.29 is 4.74 Å². The topological polar surface area (TPSA) is 39.1 Å². The molecule has 0 amide bonds. The highest BCUT2D eigenvalue weighted by Gasteiger charge is 1.99. The van der Waals surface area contributed by atoms with Gasteiger partial charge in [-0.15, -0.1) is 0 Å². The van der Waals surface area contributed by atoms with E-state index >= 15 is 0 Å². The van der Waals surface area contributed by atoms with Crippen molar-refractivity contribution in [3.05, 3.63) is 48.3 Å². The predicted molar refractivity (Wildman–Crippen MR) is 76.2 cm³/mol. The third kappa shape index (κ3) is 4.41. The van der Waals surface area contributed by atoms with Gasteiger partial charge in [-0.25, -0.2) is 0 Å². The number of nitrogens with zero attached hydrogens (tertiary/aromatic N) is 2. The normalized spacial score (nSPS) is 10.6. The number of aryl methyl sites for hydroxylation is 1. The molecular weight excluding hydrogens is 238 g/mol. The molecule has 0 saturated carbocycles. The molecule has 1 N–H and O–H groups in total. The zero-order chi connectivity index (χ0) is 13.3. The van der Waals surface area contributed by atoms with Crippen LogP contribution < -0.4 is 10.1 Å². The lowest BCUT2D eigenvalue weighted by Crippen LogP contribution is -2.19. The summed E-state index contributed by atoms with van der Waals surface area (Å²) < 4.78 is 7.64. The Morgan fingerprint density at radius 1 is 1.21 bits per heavy atom. The number of para-hydroxylation sites is 1. The maximum atomic E-state index is 5.63. The van der Waals surface area contributed by atoms with Gasteiger partial charge in [-0.1, -0.05) is 18.2 Å². The first kappa shape index (κ1) is 13.6. The van der Waals surface area contributed by atoms with Gasteiger partial charge in [0.1, 0.15) is 5.75 Å². The molecule has 0 spiro atoms. The van der Waals surface area contributed by atoms with E-state index in [1.54, 1.807) is 0 Å². The van der Waals surface area contributed by atoms with Crippen molar-refractivity contribution in [2.75, 3.05) is 13.2 Å². The van der Waals surface area contributed by atoms with E-state index in [1.807, 2.05) is 41.2 Å². The number of hydrogen-bond donors (Lipinski definition) is 1. The van der Waals surface area contributed by atoms with Gasteiger partial charge in [0.25, 0.3) is 0 Å². The lowest BCUT2D eigenvalue weighted by atomic mass is 10.3. The van der Waals surface area contributed by atoms with Crippen molar-refractivity contribution >= 4 is 0 Å². The monoisotopic (exact) mass is 259 g/mol. The molecule has 19 heavy (non-hydrogen) atoms. The van der Waals surface area contributed by atoms with Crippen molar-refractivity contribution in [3.63, 3.8) is 0 Å². The lowest BCUT2D eigenvalue weighted by molar-refractivity contribution is 0.307. The maximum Gasteiger partial charge on any atom is 0.119 e. The van der Waals surface area contributed by atoms with Crippen LogP contribution in [0, 0.1) is 0 Å². The van der Waals surface area contributed by atoms with E-state index in [0.29, 0.717) is 0 Å². The van der Waals surface area contributed by atoms with Crippen molar-refractivity contribution in [1.82, 2.24) is 15.1 Å². The number of hydrogen-bond acceptors (Lipinski definition) is 3. The SMILES string of the molecule is CCn1nccc1CNCCCOc1ccccc1. The molecule has 0 radical (unpaired) electrons. The fourth-order valence-corrected chi connectivity index (χ4v) is 1.92. The van der Waals surface area contributed by atoms with Crippen LogP contribution in [0.5, 0.6) is 5.75 Å². The minimum atomic E-state index is 0.740. The quantitative estimate of drug-likeness (QED) is 0.740. The number of nitrogens with one attached hydrogen (secondary N) is 1. The summed E-state index contributed by atoms with van der Waals surface area (Å²) in [5.41, 5.74) is 1.23. The van der Waals surface area contributed by atoms with Gasteiger partial charge in [-0.3, -0.25) is 4.68 Å². The second-order valence-corrected chi connectivity index (χ2v) is 4.33. The van der Waals surface area contributed by atoms with Crippen LogP contribution in [0.1, 0.15) is 19.0 Å². The van der Waals surface area contributed by atoms with Crippen LogP contribution in [0.2, 0.25) is 0 Å². The Morgan fingerprint density at radius 2 is 2.05 bits per heavy atom. The molecular formula is C15H21N3O. The fourth-order valence-electron chi connectivity index (χ4n) is 1.92. The minimum absolute atomic E-state index is 0.740. The Kier molecular flexibility index (Phi) is 5.44. The Bertz CT molecular complexity index is 467. The van der Waals surface area contributed by atoms with Crippen LogP contribution in [0.15, 0.2) is 42.6 Å². The number of ether oxygens (including phenoxy) is 1. The number of rotatable bonds is 8. The average Bonchev–Trinajstić information content (AvgIpc) is 2.91. The molecule has 0 saturated heterocycles. The summed E-state index contributed by atoms with van der Waals surface area (Å²) in [6.07, 6.45) is 2.84. The Labute approximate surface area is 114 Å². The van der Waals surface area contributed by atoms with Gasteiger partial charge in [0.05, 0.1) is 12.3 Å². The van der Waals surface area contributed by atoms with Crippen LogP contribution in [0.4, 0.5) is 0 Å². The average molecular weight is 259 g/mol. The summed E-state index contributed by atoms with van der Waals surface area (Å²) in [4.78, 5) is 0. The Hall–Kier alpha value is -1.81. The first-order valence-electron chi connectivity index (χ1n) is 6.79. The molecule has 4 heteroatoms. The summed E-state index contributed by atoms with van der Waals surface area (Å²) in [5.74, 6) is 0.937. The number of benzene rings is 1. The molecule has 2 rings (SSSR count). The van der Waals surface area contributed by atoms with Crippen LogP contribution >= 0.6 is 0 Å². The highest BCUT2D eigenvalue weighted by molar-refractivity contribution is 5.20. The molecule has 0 aliphatic heterocycles. The highest BCUT2D eigenvalue weighted by Crippen LogP contribution is 2.08. The first-order valence-corrected chi connectivity index (χ1v) is 6.79. The van der Waals surface area contributed by atoms with E-state index in [2.05, 4.69) is 23.4 Å². The second-order valence-electron chi connectivity index (χ2n) is 4.33. The summed E-state index contributed by atoms with van der Waals surface area (Å²) in [7, 11) is 0. The van der Waals surface area contributed by atoms with Gasteiger partial charge in [0.2, 0.25) is 0 Å². The summed E-state index contributed by atoms with van der Waals surface area (Å²) in [6.45, 7) is 5.57. The third-order valence-electron chi connectivity index (χ3n) is 2.92.